The molecule has 2 aromatic carbocycles. The maximum absolute atomic E-state index is 13.0. The number of rotatable bonds is 26. The van der Waals surface area contributed by atoms with E-state index in [2.05, 4.69) is 145 Å². The van der Waals surface area contributed by atoms with Crippen LogP contribution in [-0.2, 0) is 28.4 Å². The van der Waals surface area contributed by atoms with E-state index in [1.54, 1.807) is 22.8 Å². The minimum Gasteiger partial charge on any atom is -0.444 e. The molecule has 104 heavy (non-hydrogen) atoms. The number of hydrogen-bond acceptors (Lipinski definition) is 18. The molecule has 8 heterocycles. The third-order valence-electron chi connectivity index (χ3n) is 16.9. The van der Waals surface area contributed by atoms with Gasteiger partial charge in [-0.3, -0.25) is 9.97 Å². The number of anilines is 2. The van der Waals surface area contributed by atoms with Crippen molar-refractivity contribution in [2.75, 3.05) is 89.3 Å². The van der Waals surface area contributed by atoms with Crippen LogP contribution < -0.4 is 15.3 Å². The van der Waals surface area contributed by atoms with E-state index in [1.807, 2.05) is 112 Å². The molecule has 2 fully saturated rings. The molecule has 0 radical (unpaired) electrons. The van der Waals surface area contributed by atoms with Crippen LogP contribution in [0.4, 0.5) is 21.2 Å². The molecule has 0 aliphatic carbocycles. The fraction of sp³-hybridized carbons (Fsp3) is 0.568. The van der Waals surface area contributed by atoms with Gasteiger partial charge >= 0.3 is 19.3 Å². The van der Waals surface area contributed by atoms with Crippen molar-refractivity contribution in [3.8, 4) is 11.1 Å². The monoisotopic (exact) mass is 1650 g/mol. The number of carbonyl (C=O) groups is 2. The van der Waals surface area contributed by atoms with Crippen LogP contribution in [0.15, 0.2) is 97.6 Å². The smallest absolute Gasteiger partial charge is 0.444 e. The number of carbonyl (C=O) groups excluding carboxylic acids is 2. The predicted molar refractivity (Wildman–Crippen MR) is 443 cm³/mol. The number of benzene rings is 2. The Balaban J connectivity index is 0.000000240. The molecule has 0 spiro atoms. The maximum atomic E-state index is 13.0. The van der Waals surface area contributed by atoms with Gasteiger partial charge in [-0.2, -0.15) is 19.2 Å². The van der Waals surface area contributed by atoms with E-state index >= 15 is 0 Å². The molecule has 30 heteroatoms. The van der Waals surface area contributed by atoms with Crippen LogP contribution in [0.25, 0.3) is 44.2 Å². The number of amides is 2. The Bertz CT molecular complexity index is 4020. The van der Waals surface area contributed by atoms with Gasteiger partial charge in [0, 0.05) is 143 Å². The highest BCUT2D eigenvalue weighted by Gasteiger charge is 2.35. The summed E-state index contributed by atoms with van der Waals surface area (Å²) in [6.07, 6.45) is 8.16. The van der Waals surface area contributed by atoms with Gasteiger partial charge in [-0.1, -0.05) is 121 Å². The number of aromatic nitrogens is 8. The lowest BCUT2D eigenvalue weighted by atomic mass is 9.81. The molecule has 0 bridgehead atoms. The summed E-state index contributed by atoms with van der Waals surface area (Å²) in [6, 6.07) is 28.1. The van der Waals surface area contributed by atoms with Gasteiger partial charge in [-0.05, 0) is 132 Å². The third-order valence-corrected chi connectivity index (χ3v) is 24.4. The van der Waals surface area contributed by atoms with E-state index in [4.69, 9.17) is 81.7 Å². The summed E-state index contributed by atoms with van der Waals surface area (Å²) in [5.41, 5.74) is 6.41. The largest absolute Gasteiger partial charge is 0.490 e. The quantitative estimate of drug-likeness (QED) is 0.0169. The van der Waals surface area contributed by atoms with Crippen LogP contribution in [0.5, 0.6) is 0 Å². The Kier molecular flexibility index (Phi) is 31.5. The fourth-order valence-electron chi connectivity index (χ4n) is 11.0. The van der Waals surface area contributed by atoms with Gasteiger partial charge in [-0.25, -0.2) is 19.6 Å². The first-order chi connectivity index (χ1) is 48.6. The van der Waals surface area contributed by atoms with Gasteiger partial charge in [0.15, 0.2) is 11.3 Å². The van der Waals surface area contributed by atoms with Crippen molar-refractivity contribution in [3.63, 3.8) is 0 Å². The summed E-state index contributed by atoms with van der Waals surface area (Å²) in [5, 5.41) is 29.3. The van der Waals surface area contributed by atoms with Crippen LogP contribution in [-0.4, -0.2) is 206 Å². The molecular formula is C74H114BCl2IN12O10Si4. The highest BCUT2D eigenvalue weighted by Crippen LogP contribution is 2.36. The number of pyridine rings is 2. The summed E-state index contributed by atoms with van der Waals surface area (Å²) in [7, 11) is -6.37. The molecule has 2 N–H and O–H groups in total. The summed E-state index contributed by atoms with van der Waals surface area (Å²) in [6.45, 7) is 48.3. The van der Waals surface area contributed by atoms with Gasteiger partial charge in [0.1, 0.15) is 54.6 Å². The van der Waals surface area contributed by atoms with Crippen molar-refractivity contribution in [2.45, 2.75) is 192 Å². The van der Waals surface area contributed by atoms with Crippen LogP contribution in [0, 0.1) is 3.57 Å². The van der Waals surface area contributed by atoms with Crippen molar-refractivity contribution < 1.29 is 48.1 Å². The molecule has 2 unspecified atom stereocenters. The summed E-state index contributed by atoms with van der Waals surface area (Å²) in [4.78, 5) is 52.4. The van der Waals surface area contributed by atoms with Gasteiger partial charge in [0.05, 0.1) is 38.4 Å². The van der Waals surface area contributed by atoms with Crippen molar-refractivity contribution in [1.29, 1.82) is 0 Å². The Morgan fingerprint density at radius 3 is 1.35 bits per heavy atom. The molecule has 6 aromatic heterocycles. The molecule has 8 aromatic rings. The highest BCUT2D eigenvalue weighted by molar-refractivity contribution is 14.1. The summed E-state index contributed by atoms with van der Waals surface area (Å²) < 4.78 is 41.1. The first-order valence-corrected chi connectivity index (χ1v) is 52.9. The molecule has 2 amide bonds. The molecule has 22 nitrogen and oxygen atoms in total. The number of alkyl halides is 2. The predicted octanol–water partition coefficient (Wildman–Crippen LogP) is 16.3. The Morgan fingerprint density at radius 1 is 0.567 bits per heavy atom. The van der Waals surface area contributed by atoms with E-state index in [-0.39, 0.29) is 28.9 Å². The lowest BCUT2D eigenvalue weighted by molar-refractivity contribution is 0.0282. The van der Waals surface area contributed by atoms with Gasteiger partial charge in [0.25, 0.3) is 0 Å². The zero-order chi connectivity index (χ0) is 76.5. The minimum atomic E-state index is -1.45. The van der Waals surface area contributed by atoms with Gasteiger partial charge < -0.3 is 58.1 Å². The minimum absolute atomic E-state index is 0.0428. The van der Waals surface area contributed by atoms with Crippen LogP contribution in [0.1, 0.15) is 84.5 Å². The first kappa shape index (κ1) is 85.9. The Labute approximate surface area is 644 Å². The zero-order valence-corrected chi connectivity index (χ0v) is 72.6. The molecule has 2 aliphatic rings. The lowest BCUT2D eigenvalue weighted by Gasteiger charge is -2.27. The van der Waals surface area contributed by atoms with E-state index in [0.717, 1.165) is 121 Å². The first-order valence-electron chi connectivity index (χ1n) is 36.1. The number of fused-ring (bicyclic) bond motifs is 4. The standard InChI is InChI=1S/C36H54N6O4Si2.C27H48IN5O4Si2.C9H8BNO2.C2H4Cl2/c1-36(2,3)46-35(43)40-15-14-28(24-40)32-21-33(41(25-44-16-18-47(4,5)6)26-45-17-19-48(7,8)9)42-34(39-32)30(23-38-42)29-20-27-12-10-11-13-31(27)37-22-29;1-27(2,3)37-26(34)31-11-10-21(18-31)23-16-24(33-25(30-23)22(28)17-29-33)32(19-35-12-14-38(4,5)6)20-36-13-15-39(7,8)9;12-10(13)8-5-7-3-1-2-4-9(7)11-6-8;1-2(3)4/h10-13,20-23,28H,14-19,24-26H2,1-9H3;16-17,21H,10-15,18-20H2,1-9H3;1-6,12-13H;2H,1H3. The number of likely N-dealkylation sites (tertiary alicyclic amines) is 2. The van der Waals surface area contributed by atoms with Crippen LogP contribution in [0.2, 0.25) is 103 Å². The molecule has 2 saturated heterocycles. The van der Waals surface area contributed by atoms with Gasteiger partial charge in [-0.15, -0.1) is 23.2 Å². The summed E-state index contributed by atoms with van der Waals surface area (Å²) in [5.74, 6) is 1.91. The third kappa shape index (κ3) is 28.3. The van der Waals surface area contributed by atoms with Gasteiger partial charge in [0.2, 0.25) is 0 Å². The van der Waals surface area contributed by atoms with E-state index in [9.17, 15) is 9.59 Å². The van der Waals surface area contributed by atoms with E-state index < -0.39 is 50.6 Å². The number of para-hydroxylation sites is 2. The Hall–Kier alpha value is -5.36. The Morgan fingerprint density at radius 2 is 0.942 bits per heavy atom. The maximum Gasteiger partial charge on any atom is 0.490 e. The highest BCUT2D eigenvalue weighted by atomic mass is 127. The molecule has 0 saturated carbocycles. The average Bonchev–Trinajstić information content (AvgIpc) is 1.59. The summed E-state index contributed by atoms with van der Waals surface area (Å²) >= 11 is 12.4. The van der Waals surface area contributed by atoms with Crippen molar-refractivity contribution >= 4 is 148 Å². The average molecular weight is 1650 g/mol. The molecule has 10 rings (SSSR count). The lowest BCUT2D eigenvalue weighted by Crippen LogP contribution is -2.35. The second-order valence-corrected chi connectivity index (χ2v) is 58.8. The molecular weight excluding hydrogens is 1540 g/mol. The van der Waals surface area contributed by atoms with E-state index in [0.29, 0.717) is 71.8 Å². The number of ether oxygens (including phenoxy) is 6. The number of nitrogens with zero attached hydrogens (tertiary/aromatic N) is 12. The number of halogens is 3. The van der Waals surface area contributed by atoms with Crippen molar-refractivity contribution in [1.82, 2.24) is 49.0 Å². The SMILES string of the molecule is CC(C)(C)OC(=O)N1CCC(c2cc(N(COCC[Si](C)(C)C)COCC[Si](C)(C)C)n3ncc(-c4cnc5ccccc5c4)c3n2)C1.CC(C)(C)OC(=O)N1CCC(c2cc(N(COCC[Si](C)(C)C)COCC[Si](C)(C)C)n3ncc(I)c3n2)C1.CC(Cl)Cl.OB(O)c1cnc2ccccc2c1. The fourth-order valence-corrected chi connectivity index (χ4v) is 14.5. The zero-order valence-electron chi connectivity index (χ0n) is 64.9. The van der Waals surface area contributed by atoms with Crippen LogP contribution in [0.3, 0.4) is 0 Å². The topological polar surface area (TPSA) is 229 Å². The van der Waals surface area contributed by atoms with Crippen molar-refractivity contribution in [2.24, 2.45) is 0 Å². The van der Waals surface area contributed by atoms with Crippen LogP contribution >= 0.6 is 45.8 Å². The number of hydrogen-bond donors (Lipinski definition) is 2. The van der Waals surface area contributed by atoms with Crippen molar-refractivity contribution in [3.05, 3.63) is 113 Å². The molecule has 2 aliphatic heterocycles. The van der Waals surface area contributed by atoms with E-state index in [1.165, 1.54) is 6.20 Å². The normalized spacial score (nSPS) is 15.2. The molecule has 570 valence electrons. The molecule has 2 atom stereocenters. The second-order valence-electron chi connectivity index (χ2n) is 33.7. The second kappa shape index (κ2) is 38.1.